The maximum absolute atomic E-state index is 13.1. The summed E-state index contributed by atoms with van der Waals surface area (Å²) in [6, 6.07) is 9.68. The second-order valence-electron chi connectivity index (χ2n) is 5.19. The Morgan fingerprint density at radius 3 is 2.71 bits per heavy atom. The maximum Gasteiger partial charge on any atom is 0.449 e. The monoisotopic (exact) mass is 337 g/mol. The molecule has 0 aliphatic heterocycles. The third kappa shape index (κ3) is 3.42. The van der Waals surface area contributed by atoms with E-state index < -0.39 is 24.5 Å². The molecular weight excluding hydrogens is 323 g/mol. The Balaban J connectivity index is 1.74. The van der Waals surface area contributed by atoms with Crippen LogP contribution in [0.1, 0.15) is 11.6 Å². The lowest BCUT2D eigenvalue weighted by Gasteiger charge is -2.11. The largest absolute Gasteiger partial charge is 0.469 e. The second-order valence-corrected chi connectivity index (χ2v) is 5.19. The van der Waals surface area contributed by atoms with E-state index in [1.165, 1.54) is 18.4 Å². The van der Waals surface area contributed by atoms with Gasteiger partial charge in [0.15, 0.2) is 0 Å². The summed E-state index contributed by atoms with van der Waals surface area (Å²) >= 11 is 0. The molecule has 1 N–H and O–H groups in total. The normalized spacial score (nSPS) is 11.8. The number of hydrogen-bond acceptors (Lipinski definition) is 3. The Bertz CT molecular complexity index is 838. The molecule has 24 heavy (non-hydrogen) atoms. The molecule has 2 heterocycles. The van der Waals surface area contributed by atoms with E-state index in [0.717, 1.165) is 4.57 Å². The number of nitrogens with one attached hydrogen (secondary N) is 1. The fraction of sp³-hybridized carbons (Fsp3) is 0.250. The first-order valence-corrected chi connectivity index (χ1v) is 7.26. The predicted octanol–water partition coefficient (Wildman–Crippen LogP) is 3.01. The van der Waals surface area contributed by atoms with E-state index in [4.69, 9.17) is 4.42 Å². The van der Waals surface area contributed by atoms with E-state index >= 15 is 0 Å². The van der Waals surface area contributed by atoms with Gasteiger partial charge in [-0.15, -0.1) is 0 Å². The van der Waals surface area contributed by atoms with Gasteiger partial charge in [0.1, 0.15) is 12.3 Å². The third-order valence-corrected chi connectivity index (χ3v) is 3.48. The van der Waals surface area contributed by atoms with Crippen LogP contribution >= 0.6 is 0 Å². The van der Waals surface area contributed by atoms with Gasteiger partial charge in [-0.25, -0.2) is 4.98 Å². The number of hydrogen-bond donors (Lipinski definition) is 1. The van der Waals surface area contributed by atoms with Gasteiger partial charge in [0.05, 0.1) is 17.3 Å². The molecule has 1 aromatic carbocycles. The molecular formula is C16H14F3N3O2. The number of furan rings is 1. The lowest BCUT2D eigenvalue weighted by Crippen LogP contribution is -2.30. The van der Waals surface area contributed by atoms with E-state index in [2.05, 4.69) is 10.3 Å². The molecule has 2 aromatic heterocycles. The quantitative estimate of drug-likeness (QED) is 0.779. The molecule has 0 unspecified atom stereocenters. The molecule has 0 saturated heterocycles. The standard InChI is InChI=1S/C16H14F3N3O2/c17-16(18,19)15-21-12-5-1-2-6-13(12)22(15)10-14(23)20-8-7-11-4-3-9-24-11/h1-6,9H,7-8,10H2,(H,20,23). The van der Waals surface area contributed by atoms with Crippen molar-refractivity contribution >= 4 is 16.9 Å². The van der Waals surface area contributed by atoms with E-state index in [1.54, 1.807) is 24.3 Å². The van der Waals surface area contributed by atoms with Gasteiger partial charge in [0, 0.05) is 13.0 Å². The lowest BCUT2D eigenvalue weighted by molar-refractivity contribution is -0.147. The van der Waals surface area contributed by atoms with E-state index in [-0.39, 0.29) is 17.6 Å². The minimum atomic E-state index is -4.63. The maximum atomic E-state index is 13.1. The van der Waals surface area contributed by atoms with Crippen LogP contribution in [0.5, 0.6) is 0 Å². The summed E-state index contributed by atoms with van der Waals surface area (Å²) < 4.78 is 45.5. The zero-order valence-electron chi connectivity index (χ0n) is 12.5. The molecule has 0 saturated carbocycles. The van der Waals surface area contributed by atoms with Gasteiger partial charge < -0.3 is 14.3 Å². The first-order chi connectivity index (χ1) is 11.4. The number of fused-ring (bicyclic) bond motifs is 1. The number of benzene rings is 1. The number of carbonyl (C=O) groups excluding carboxylic acids is 1. The smallest absolute Gasteiger partial charge is 0.449 e. The van der Waals surface area contributed by atoms with Crippen molar-refractivity contribution in [1.29, 1.82) is 0 Å². The number of halogens is 3. The van der Waals surface area contributed by atoms with Crippen LogP contribution in [0.25, 0.3) is 11.0 Å². The summed E-state index contributed by atoms with van der Waals surface area (Å²) in [5.74, 6) is -0.903. The van der Waals surface area contributed by atoms with Crippen LogP contribution in [0.4, 0.5) is 13.2 Å². The second kappa shape index (κ2) is 6.38. The SMILES string of the molecule is O=C(Cn1c(C(F)(F)F)nc2ccccc21)NCCc1ccco1. The van der Waals surface area contributed by atoms with Gasteiger partial charge in [0.25, 0.3) is 0 Å². The lowest BCUT2D eigenvalue weighted by atomic mass is 10.3. The molecule has 3 rings (SSSR count). The zero-order chi connectivity index (χ0) is 17.2. The summed E-state index contributed by atoms with van der Waals surface area (Å²) in [6.07, 6.45) is -2.65. The van der Waals surface area contributed by atoms with Crippen LogP contribution in [0.15, 0.2) is 47.1 Å². The van der Waals surface area contributed by atoms with Crippen molar-refractivity contribution < 1.29 is 22.4 Å². The molecule has 1 amide bonds. The Morgan fingerprint density at radius 2 is 2.00 bits per heavy atom. The van der Waals surface area contributed by atoms with Crippen LogP contribution in [0, 0.1) is 0 Å². The zero-order valence-corrected chi connectivity index (χ0v) is 12.5. The molecule has 0 radical (unpaired) electrons. The average molecular weight is 337 g/mol. The molecule has 0 aliphatic rings. The topological polar surface area (TPSA) is 60.1 Å². The van der Waals surface area contributed by atoms with Crippen LogP contribution in [0.2, 0.25) is 0 Å². The van der Waals surface area contributed by atoms with Crippen LogP contribution < -0.4 is 5.32 Å². The Kier molecular flexibility index (Phi) is 4.28. The average Bonchev–Trinajstić information content (AvgIpc) is 3.15. The number of nitrogens with zero attached hydrogens (tertiary/aromatic N) is 2. The van der Waals surface area contributed by atoms with Crippen LogP contribution in [0.3, 0.4) is 0 Å². The minimum absolute atomic E-state index is 0.202. The first kappa shape index (κ1) is 16.1. The van der Waals surface area contributed by atoms with Gasteiger partial charge in [-0.1, -0.05) is 12.1 Å². The fourth-order valence-electron chi connectivity index (χ4n) is 2.43. The molecule has 0 spiro atoms. The summed E-state index contributed by atoms with van der Waals surface area (Å²) in [7, 11) is 0. The van der Waals surface area contributed by atoms with Gasteiger partial charge in [-0.2, -0.15) is 13.2 Å². The van der Waals surface area contributed by atoms with Crippen molar-refractivity contribution in [2.24, 2.45) is 0 Å². The summed E-state index contributed by atoms with van der Waals surface area (Å²) in [6.45, 7) is -0.173. The van der Waals surface area contributed by atoms with Crippen molar-refractivity contribution in [1.82, 2.24) is 14.9 Å². The molecule has 126 valence electrons. The molecule has 8 heteroatoms. The Hall–Kier alpha value is -2.77. The number of aromatic nitrogens is 2. The molecule has 0 fully saturated rings. The van der Waals surface area contributed by atoms with Crippen molar-refractivity contribution in [3.05, 3.63) is 54.2 Å². The molecule has 0 atom stereocenters. The highest BCUT2D eigenvalue weighted by molar-refractivity contribution is 5.81. The molecule has 5 nitrogen and oxygen atoms in total. The van der Waals surface area contributed by atoms with Gasteiger partial charge in [-0.05, 0) is 24.3 Å². The highest BCUT2D eigenvalue weighted by atomic mass is 19.4. The summed E-state index contributed by atoms with van der Waals surface area (Å²) in [4.78, 5) is 15.6. The number of carbonyl (C=O) groups is 1. The van der Waals surface area contributed by atoms with Crippen LogP contribution in [-0.4, -0.2) is 22.0 Å². The van der Waals surface area contributed by atoms with Crippen molar-refractivity contribution in [2.75, 3.05) is 6.54 Å². The summed E-state index contributed by atoms with van der Waals surface area (Å²) in [5.41, 5.74) is 0.472. The predicted molar refractivity (Wildman–Crippen MR) is 80.2 cm³/mol. The third-order valence-electron chi connectivity index (χ3n) is 3.48. The first-order valence-electron chi connectivity index (χ1n) is 7.26. The van der Waals surface area contributed by atoms with Gasteiger partial charge in [-0.3, -0.25) is 4.79 Å². The van der Waals surface area contributed by atoms with Gasteiger partial charge in [0.2, 0.25) is 11.7 Å². The van der Waals surface area contributed by atoms with E-state index in [9.17, 15) is 18.0 Å². The number of para-hydroxylation sites is 2. The number of imidazole rings is 1. The fourth-order valence-corrected chi connectivity index (χ4v) is 2.43. The Morgan fingerprint density at radius 1 is 1.21 bits per heavy atom. The van der Waals surface area contributed by atoms with Crippen molar-refractivity contribution in [3.8, 4) is 0 Å². The highest BCUT2D eigenvalue weighted by Gasteiger charge is 2.37. The van der Waals surface area contributed by atoms with Crippen LogP contribution in [-0.2, 0) is 23.9 Å². The molecule has 3 aromatic rings. The minimum Gasteiger partial charge on any atom is -0.469 e. The van der Waals surface area contributed by atoms with Crippen molar-refractivity contribution in [3.63, 3.8) is 0 Å². The van der Waals surface area contributed by atoms with Gasteiger partial charge >= 0.3 is 6.18 Å². The molecule has 0 bridgehead atoms. The number of amides is 1. The summed E-state index contributed by atoms with van der Waals surface area (Å²) in [5, 5.41) is 2.59. The van der Waals surface area contributed by atoms with Crippen molar-refractivity contribution in [2.45, 2.75) is 19.1 Å². The highest BCUT2D eigenvalue weighted by Crippen LogP contribution is 2.31. The number of alkyl halides is 3. The van der Waals surface area contributed by atoms with E-state index in [0.29, 0.717) is 12.2 Å². The number of rotatable bonds is 5. The van der Waals surface area contributed by atoms with E-state index in [1.807, 2.05) is 0 Å². The molecule has 0 aliphatic carbocycles. The Labute approximate surface area is 135 Å².